The van der Waals surface area contributed by atoms with Crippen LogP contribution in [0.25, 0.3) is 0 Å². The highest BCUT2D eigenvalue weighted by molar-refractivity contribution is 7.91. The van der Waals surface area contributed by atoms with Gasteiger partial charge in [0.05, 0.1) is 11.5 Å². The van der Waals surface area contributed by atoms with Gasteiger partial charge in [0.15, 0.2) is 9.84 Å². The molecule has 2 rings (SSSR count). The van der Waals surface area contributed by atoms with Crippen LogP contribution >= 0.6 is 0 Å². The molecule has 0 saturated carbocycles. The lowest BCUT2D eigenvalue weighted by Gasteiger charge is -2.29. The van der Waals surface area contributed by atoms with Gasteiger partial charge in [0, 0.05) is 11.6 Å². The Morgan fingerprint density at radius 2 is 2.00 bits per heavy atom. The summed E-state index contributed by atoms with van der Waals surface area (Å²) in [6, 6.07) is 6.57. The van der Waals surface area contributed by atoms with Gasteiger partial charge >= 0.3 is 0 Å². The van der Waals surface area contributed by atoms with Crippen LogP contribution in [0.15, 0.2) is 18.2 Å². The van der Waals surface area contributed by atoms with E-state index in [0.29, 0.717) is 12.2 Å². The largest absolute Gasteiger partial charge is 0.304 e. The third-order valence-electron chi connectivity index (χ3n) is 3.97. The molecule has 1 aliphatic rings. The lowest BCUT2D eigenvalue weighted by Crippen LogP contribution is -2.44. The van der Waals surface area contributed by atoms with E-state index in [0.717, 1.165) is 0 Å². The number of sulfone groups is 1. The second-order valence-corrected chi connectivity index (χ2v) is 8.31. The third-order valence-corrected chi connectivity index (χ3v) is 5.87. The summed E-state index contributed by atoms with van der Waals surface area (Å²) in [5, 5.41) is 3.52. The van der Waals surface area contributed by atoms with Gasteiger partial charge in [-0.05, 0) is 45.2 Å². The number of hydrogen-bond donors (Lipinski definition) is 1. The summed E-state index contributed by atoms with van der Waals surface area (Å²) >= 11 is 0. The zero-order chi connectivity index (χ0) is 14.3. The Kier molecular flexibility index (Phi) is 3.76. The minimum Gasteiger partial charge on any atom is -0.304 e. The first-order valence-electron chi connectivity index (χ1n) is 6.76. The van der Waals surface area contributed by atoms with Gasteiger partial charge in [0.25, 0.3) is 0 Å². The molecule has 19 heavy (non-hydrogen) atoms. The molecule has 0 amide bonds. The van der Waals surface area contributed by atoms with Gasteiger partial charge in [-0.3, -0.25) is 0 Å². The van der Waals surface area contributed by atoms with Crippen molar-refractivity contribution in [1.29, 1.82) is 0 Å². The van der Waals surface area contributed by atoms with Gasteiger partial charge in [-0.25, -0.2) is 8.42 Å². The molecule has 4 heteroatoms. The van der Waals surface area contributed by atoms with Crippen molar-refractivity contribution in [2.45, 2.75) is 45.7 Å². The van der Waals surface area contributed by atoms with Gasteiger partial charge in [0.1, 0.15) is 0 Å². The smallest absolute Gasteiger partial charge is 0.152 e. The predicted molar refractivity (Wildman–Crippen MR) is 79.1 cm³/mol. The number of benzene rings is 1. The topological polar surface area (TPSA) is 46.2 Å². The normalized spacial score (nSPS) is 27.4. The second kappa shape index (κ2) is 4.91. The Labute approximate surface area is 116 Å². The first kappa shape index (κ1) is 14.5. The SMILES string of the molecule is Cc1ccc(C)c(C(C)NC2(C)CCS(=O)(=O)C2)c1. The van der Waals surface area contributed by atoms with E-state index in [1.807, 2.05) is 6.92 Å². The maximum absolute atomic E-state index is 11.6. The molecule has 0 radical (unpaired) electrons. The van der Waals surface area contributed by atoms with Crippen molar-refractivity contribution < 1.29 is 8.42 Å². The van der Waals surface area contributed by atoms with Crippen molar-refractivity contribution in [1.82, 2.24) is 5.32 Å². The van der Waals surface area contributed by atoms with Crippen LogP contribution in [0, 0.1) is 13.8 Å². The molecule has 1 aromatic carbocycles. The van der Waals surface area contributed by atoms with Crippen molar-refractivity contribution >= 4 is 9.84 Å². The molecule has 3 nitrogen and oxygen atoms in total. The molecule has 0 spiro atoms. The van der Waals surface area contributed by atoms with Crippen molar-refractivity contribution in [2.24, 2.45) is 0 Å². The molecule has 1 aliphatic heterocycles. The molecular weight excluding hydrogens is 258 g/mol. The van der Waals surface area contributed by atoms with Crippen LogP contribution < -0.4 is 5.32 Å². The van der Waals surface area contributed by atoms with Gasteiger partial charge in [-0.2, -0.15) is 0 Å². The van der Waals surface area contributed by atoms with E-state index in [9.17, 15) is 8.42 Å². The molecular formula is C15H23NO2S. The van der Waals surface area contributed by atoms with E-state index in [1.165, 1.54) is 16.7 Å². The summed E-state index contributed by atoms with van der Waals surface area (Å²) in [7, 11) is -2.86. The van der Waals surface area contributed by atoms with Gasteiger partial charge in [0.2, 0.25) is 0 Å². The van der Waals surface area contributed by atoms with Crippen molar-refractivity contribution in [3.8, 4) is 0 Å². The van der Waals surface area contributed by atoms with Crippen LogP contribution in [-0.2, 0) is 9.84 Å². The molecule has 106 valence electrons. The predicted octanol–water partition coefficient (Wildman–Crippen LogP) is 2.53. The molecule has 2 unspecified atom stereocenters. The van der Waals surface area contributed by atoms with Crippen LogP contribution in [0.2, 0.25) is 0 Å². The van der Waals surface area contributed by atoms with Gasteiger partial charge in [-0.15, -0.1) is 0 Å². The van der Waals surface area contributed by atoms with Crippen LogP contribution in [0.4, 0.5) is 0 Å². The van der Waals surface area contributed by atoms with Crippen LogP contribution in [0.1, 0.15) is 43.0 Å². The molecule has 0 aromatic heterocycles. The Bertz CT molecular complexity index is 580. The number of aryl methyl sites for hydroxylation is 2. The Hall–Kier alpha value is -0.870. The van der Waals surface area contributed by atoms with Crippen LogP contribution in [0.5, 0.6) is 0 Å². The van der Waals surface area contributed by atoms with Gasteiger partial charge in [-0.1, -0.05) is 23.8 Å². The molecule has 1 heterocycles. The lowest BCUT2D eigenvalue weighted by atomic mass is 9.95. The molecule has 0 bridgehead atoms. The average molecular weight is 281 g/mol. The zero-order valence-electron chi connectivity index (χ0n) is 12.2. The second-order valence-electron chi connectivity index (χ2n) is 6.13. The lowest BCUT2D eigenvalue weighted by molar-refractivity contribution is 0.354. The third kappa shape index (κ3) is 3.37. The summed E-state index contributed by atoms with van der Waals surface area (Å²) in [4.78, 5) is 0. The quantitative estimate of drug-likeness (QED) is 0.926. The maximum Gasteiger partial charge on any atom is 0.152 e. The van der Waals surface area contributed by atoms with E-state index in [4.69, 9.17) is 0 Å². The minimum absolute atomic E-state index is 0.165. The van der Waals surface area contributed by atoms with E-state index in [-0.39, 0.29) is 17.3 Å². The highest BCUT2D eigenvalue weighted by Gasteiger charge is 2.39. The fourth-order valence-corrected chi connectivity index (χ4v) is 5.06. The molecule has 1 N–H and O–H groups in total. The van der Waals surface area contributed by atoms with Crippen molar-refractivity contribution in [2.75, 3.05) is 11.5 Å². The molecule has 1 aromatic rings. The highest BCUT2D eigenvalue weighted by Crippen LogP contribution is 2.28. The fourth-order valence-electron chi connectivity index (χ4n) is 2.95. The molecule has 1 saturated heterocycles. The zero-order valence-corrected chi connectivity index (χ0v) is 13.0. The van der Waals surface area contributed by atoms with Gasteiger partial charge < -0.3 is 5.32 Å². The average Bonchev–Trinajstić information content (AvgIpc) is 2.56. The fraction of sp³-hybridized carbons (Fsp3) is 0.600. The van der Waals surface area contributed by atoms with E-state index in [2.05, 4.69) is 44.3 Å². The summed E-state index contributed by atoms with van der Waals surface area (Å²) < 4.78 is 23.3. The maximum atomic E-state index is 11.6. The summed E-state index contributed by atoms with van der Waals surface area (Å²) in [6.45, 7) is 8.30. The number of hydrogen-bond acceptors (Lipinski definition) is 3. The number of rotatable bonds is 3. The van der Waals surface area contributed by atoms with Crippen LogP contribution in [-0.4, -0.2) is 25.5 Å². The van der Waals surface area contributed by atoms with Crippen LogP contribution in [0.3, 0.4) is 0 Å². The Morgan fingerprint density at radius 3 is 2.58 bits per heavy atom. The number of nitrogens with one attached hydrogen (secondary N) is 1. The van der Waals surface area contributed by atoms with E-state index in [1.54, 1.807) is 0 Å². The van der Waals surface area contributed by atoms with E-state index >= 15 is 0 Å². The molecule has 2 atom stereocenters. The first-order chi connectivity index (χ1) is 8.71. The minimum atomic E-state index is -2.86. The summed E-state index contributed by atoms with van der Waals surface area (Å²) in [5.74, 6) is 0.547. The standard InChI is InChI=1S/C15H23NO2S/c1-11-5-6-12(2)14(9-11)13(3)16-15(4)7-8-19(17,18)10-15/h5-6,9,13,16H,7-8,10H2,1-4H3. The molecule has 1 fully saturated rings. The van der Waals surface area contributed by atoms with Crippen molar-refractivity contribution in [3.63, 3.8) is 0 Å². The highest BCUT2D eigenvalue weighted by atomic mass is 32.2. The molecule has 0 aliphatic carbocycles. The first-order valence-corrected chi connectivity index (χ1v) is 8.58. The Balaban J connectivity index is 2.17. The van der Waals surface area contributed by atoms with Crippen molar-refractivity contribution in [3.05, 3.63) is 34.9 Å². The summed E-state index contributed by atoms with van der Waals surface area (Å²) in [5.41, 5.74) is 3.44. The summed E-state index contributed by atoms with van der Waals surface area (Å²) in [6.07, 6.45) is 0.699. The Morgan fingerprint density at radius 1 is 1.32 bits per heavy atom. The monoisotopic (exact) mass is 281 g/mol. The van der Waals surface area contributed by atoms with E-state index < -0.39 is 9.84 Å².